The number of hydrogen-bond acceptors (Lipinski definition) is 6. The average Bonchev–Trinajstić information content (AvgIpc) is 3.13. The van der Waals surface area contributed by atoms with Gasteiger partial charge in [-0.15, -0.1) is 5.10 Å². The molecule has 0 atom stereocenters. The first kappa shape index (κ1) is 23.6. The number of pyridine rings is 1. The van der Waals surface area contributed by atoms with E-state index in [0.717, 1.165) is 0 Å². The van der Waals surface area contributed by atoms with E-state index in [2.05, 4.69) is 20.0 Å². The first-order chi connectivity index (χ1) is 14.1. The molecule has 0 aliphatic heterocycles. The summed E-state index contributed by atoms with van der Waals surface area (Å²) in [6.07, 6.45) is 1.60. The van der Waals surface area contributed by atoms with Crippen molar-refractivity contribution in [2.75, 3.05) is 4.72 Å². The van der Waals surface area contributed by atoms with E-state index in [1.54, 1.807) is 62.5 Å². The zero-order chi connectivity index (χ0) is 21.5. The summed E-state index contributed by atoms with van der Waals surface area (Å²) >= 11 is 6.16. The number of aliphatic hydroxyl groups is 1. The Morgan fingerprint density at radius 3 is 2.48 bits per heavy atom. The van der Waals surface area contributed by atoms with Gasteiger partial charge in [-0.05, 0) is 61.9 Å². The minimum absolute atomic E-state index is 0. The fourth-order valence-electron chi connectivity index (χ4n) is 2.96. The number of aromatic nitrogens is 4. The maximum absolute atomic E-state index is 13.0. The summed E-state index contributed by atoms with van der Waals surface area (Å²) in [7, 11) is -3.91. The van der Waals surface area contributed by atoms with E-state index in [-0.39, 0.29) is 40.1 Å². The second kappa shape index (κ2) is 8.85. The normalized spacial score (nSPS) is 11.9. The standard InChI is InChI=1S/C20H18ClN5O3S.Na.H/c1-20(2,27)13-5-8-15(9-6-13)30(28,29)24-16-10-7-14(21)12-18(16)26-17-4-3-11-22-19(17)23-25-26;;/h3-12,24,27H,1-2H3;;. The van der Waals surface area contributed by atoms with Crippen LogP contribution in [0.4, 0.5) is 5.69 Å². The maximum atomic E-state index is 13.0. The molecule has 4 rings (SSSR count). The van der Waals surface area contributed by atoms with Crippen molar-refractivity contribution in [1.82, 2.24) is 20.0 Å². The second-order valence-electron chi connectivity index (χ2n) is 7.20. The number of fused-ring (bicyclic) bond motifs is 1. The number of sulfonamides is 1. The summed E-state index contributed by atoms with van der Waals surface area (Å²) in [5.41, 5.74) is 1.26. The predicted molar refractivity (Wildman–Crippen MR) is 121 cm³/mol. The van der Waals surface area contributed by atoms with Crippen LogP contribution in [0.3, 0.4) is 0 Å². The number of hydrogen-bond donors (Lipinski definition) is 2. The van der Waals surface area contributed by atoms with E-state index in [1.807, 2.05) is 0 Å². The Balaban J connectivity index is 0.00000272. The Morgan fingerprint density at radius 1 is 1.10 bits per heavy atom. The molecule has 0 aliphatic rings. The molecule has 31 heavy (non-hydrogen) atoms. The molecule has 156 valence electrons. The number of anilines is 1. The van der Waals surface area contributed by atoms with Crippen molar-refractivity contribution in [3.63, 3.8) is 0 Å². The Bertz CT molecular complexity index is 1340. The molecule has 0 saturated carbocycles. The van der Waals surface area contributed by atoms with E-state index in [0.29, 0.717) is 27.4 Å². The molecule has 0 saturated heterocycles. The zero-order valence-corrected chi connectivity index (χ0v) is 17.7. The van der Waals surface area contributed by atoms with E-state index < -0.39 is 15.6 Å². The summed E-state index contributed by atoms with van der Waals surface area (Å²) in [5, 5.41) is 18.6. The van der Waals surface area contributed by atoms with E-state index in [9.17, 15) is 13.5 Å². The Kier molecular flexibility index (Phi) is 6.75. The predicted octanol–water partition coefficient (Wildman–Crippen LogP) is 2.85. The Labute approximate surface area is 206 Å². The van der Waals surface area contributed by atoms with Crippen LogP contribution in [0.25, 0.3) is 16.9 Å². The van der Waals surface area contributed by atoms with Gasteiger partial charge in [0, 0.05) is 11.2 Å². The van der Waals surface area contributed by atoms with E-state index >= 15 is 0 Å². The van der Waals surface area contributed by atoms with Crippen molar-refractivity contribution in [2.45, 2.75) is 24.3 Å². The van der Waals surface area contributed by atoms with Crippen LogP contribution >= 0.6 is 11.6 Å². The van der Waals surface area contributed by atoms with Gasteiger partial charge in [-0.25, -0.2) is 18.1 Å². The number of nitrogens with one attached hydrogen (secondary N) is 1. The first-order valence-corrected chi connectivity index (χ1v) is 10.8. The summed E-state index contributed by atoms with van der Waals surface area (Å²) < 4.78 is 30.0. The van der Waals surface area contributed by atoms with Crippen LogP contribution in [-0.4, -0.2) is 63.1 Å². The molecule has 8 nitrogen and oxygen atoms in total. The minimum atomic E-state index is -3.91. The number of rotatable bonds is 5. The van der Waals surface area contributed by atoms with Crippen molar-refractivity contribution in [3.05, 3.63) is 71.4 Å². The quantitative estimate of drug-likeness (QED) is 0.437. The molecule has 0 unspecified atom stereocenters. The van der Waals surface area contributed by atoms with Crippen LogP contribution in [0.2, 0.25) is 5.02 Å². The van der Waals surface area contributed by atoms with Gasteiger partial charge in [0.25, 0.3) is 10.0 Å². The summed E-state index contributed by atoms with van der Waals surface area (Å²) in [5.74, 6) is 0. The fourth-order valence-corrected chi connectivity index (χ4v) is 4.20. The van der Waals surface area contributed by atoms with Crippen LogP contribution in [0, 0.1) is 0 Å². The van der Waals surface area contributed by atoms with Crippen LogP contribution in [0.1, 0.15) is 19.4 Å². The van der Waals surface area contributed by atoms with Gasteiger partial charge < -0.3 is 5.11 Å². The third-order valence-corrected chi connectivity index (χ3v) is 6.14. The van der Waals surface area contributed by atoms with E-state index in [4.69, 9.17) is 11.6 Å². The van der Waals surface area contributed by atoms with Gasteiger partial charge in [-0.3, -0.25) is 4.72 Å². The van der Waals surface area contributed by atoms with Gasteiger partial charge in [-0.1, -0.05) is 28.9 Å². The molecular weight excluding hydrogens is 449 g/mol. The zero-order valence-electron chi connectivity index (χ0n) is 16.1. The topological polar surface area (TPSA) is 110 Å². The number of nitrogens with zero attached hydrogens (tertiary/aromatic N) is 4. The molecule has 2 aromatic heterocycles. The monoisotopic (exact) mass is 467 g/mol. The molecule has 2 N–H and O–H groups in total. The molecule has 0 bridgehead atoms. The summed E-state index contributed by atoms with van der Waals surface area (Å²) in [4.78, 5) is 4.20. The molecular formula is C20H19ClN5NaO3S. The second-order valence-corrected chi connectivity index (χ2v) is 9.32. The van der Waals surface area contributed by atoms with E-state index in [1.165, 1.54) is 16.8 Å². The molecule has 0 fully saturated rings. The molecule has 0 aliphatic carbocycles. The SMILES string of the molecule is CC(C)(O)c1ccc(S(=O)(=O)Nc2ccc(Cl)cc2-n2nnc3ncccc32)cc1.[NaH]. The summed E-state index contributed by atoms with van der Waals surface area (Å²) in [6, 6.07) is 14.3. The first-order valence-electron chi connectivity index (χ1n) is 8.97. The average molecular weight is 468 g/mol. The Hall–Kier alpha value is -2.01. The van der Waals surface area contributed by atoms with Crippen molar-refractivity contribution in [3.8, 4) is 5.69 Å². The third kappa shape index (κ3) is 4.92. The third-order valence-electron chi connectivity index (χ3n) is 4.53. The number of benzene rings is 2. The van der Waals surface area contributed by atoms with Gasteiger partial charge in [0.15, 0.2) is 0 Å². The molecule has 4 aromatic rings. The molecule has 0 spiro atoms. The van der Waals surface area contributed by atoms with Crippen molar-refractivity contribution in [2.24, 2.45) is 0 Å². The van der Waals surface area contributed by atoms with Gasteiger partial charge in [-0.2, -0.15) is 0 Å². The van der Waals surface area contributed by atoms with Gasteiger partial charge >= 0.3 is 29.6 Å². The molecule has 2 aromatic carbocycles. The molecule has 11 heteroatoms. The van der Waals surface area contributed by atoms with Gasteiger partial charge in [0.2, 0.25) is 5.65 Å². The van der Waals surface area contributed by atoms with Crippen molar-refractivity contribution < 1.29 is 13.5 Å². The molecule has 0 radical (unpaired) electrons. The summed E-state index contributed by atoms with van der Waals surface area (Å²) in [6.45, 7) is 3.26. The van der Waals surface area contributed by atoms with Crippen molar-refractivity contribution >= 4 is 68.0 Å². The number of halogens is 1. The fraction of sp³-hybridized carbons (Fsp3) is 0.150. The van der Waals surface area contributed by atoms with Crippen LogP contribution in [0.5, 0.6) is 0 Å². The molecule has 2 heterocycles. The van der Waals surface area contributed by atoms with Gasteiger partial charge in [0.05, 0.1) is 21.9 Å². The van der Waals surface area contributed by atoms with Crippen molar-refractivity contribution in [1.29, 1.82) is 0 Å². The van der Waals surface area contributed by atoms with Crippen LogP contribution < -0.4 is 4.72 Å². The Morgan fingerprint density at radius 2 is 1.81 bits per heavy atom. The van der Waals surface area contributed by atoms with Gasteiger partial charge in [0.1, 0.15) is 5.52 Å². The van der Waals surface area contributed by atoms with Crippen LogP contribution in [0.15, 0.2) is 65.7 Å². The van der Waals surface area contributed by atoms with Crippen LogP contribution in [-0.2, 0) is 15.6 Å². The molecule has 0 amide bonds.